The van der Waals surface area contributed by atoms with E-state index in [0.29, 0.717) is 12.2 Å². The molecule has 0 aliphatic rings. The molecule has 0 radical (unpaired) electrons. The Kier molecular flexibility index (Phi) is 9.91. The number of anilines is 2. The summed E-state index contributed by atoms with van der Waals surface area (Å²) in [5.74, 6) is 1.96. The number of alkyl halides is 3. The van der Waals surface area contributed by atoms with Gasteiger partial charge in [0.25, 0.3) is 0 Å². The minimum Gasteiger partial charge on any atom is -0.467 e. The van der Waals surface area contributed by atoms with Crippen LogP contribution in [0, 0.1) is 18.8 Å². The number of methoxy groups -OCH3 is 1. The summed E-state index contributed by atoms with van der Waals surface area (Å²) in [5.41, 5.74) is 2.95. The minimum atomic E-state index is -5.21. The second-order valence-electron chi connectivity index (χ2n) is 8.13. The molecule has 7 nitrogen and oxygen atoms in total. The maximum Gasteiger partial charge on any atom is 0.471 e. The molecule has 2 rings (SSSR count). The van der Waals surface area contributed by atoms with Crippen molar-refractivity contribution >= 4 is 29.2 Å². The molecule has 2 aromatic carbocycles. The van der Waals surface area contributed by atoms with Crippen molar-refractivity contribution in [2.24, 2.45) is 0 Å². The van der Waals surface area contributed by atoms with Gasteiger partial charge in [-0.1, -0.05) is 30.0 Å². The molecule has 1 atom stereocenters. The van der Waals surface area contributed by atoms with Gasteiger partial charge in [0.2, 0.25) is 5.91 Å². The van der Waals surface area contributed by atoms with Crippen LogP contribution in [0.15, 0.2) is 48.5 Å². The Labute approximate surface area is 208 Å². The molecule has 0 aliphatic heterocycles. The fraction of sp³-hybridized carbons (Fsp3) is 0.346. The molecule has 2 aromatic rings. The van der Waals surface area contributed by atoms with E-state index in [1.165, 1.54) is 10.2 Å². The molecule has 2 N–H and O–H groups in total. The zero-order valence-corrected chi connectivity index (χ0v) is 20.4. The van der Waals surface area contributed by atoms with Gasteiger partial charge in [0.05, 0.1) is 20.1 Å². The van der Waals surface area contributed by atoms with Gasteiger partial charge in [-0.15, -0.1) is 0 Å². The van der Waals surface area contributed by atoms with Gasteiger partial charge in [-0.05, 0) is 56.7 Å². The first-order valence-corrected chi connectivity index (χ1v) is 11.1. The Morgan fingerprint density at radius 2 is 1.75 bits per heavy atom. The van der Waals surface area contributed by atoms with E-state index >= 15 is 0 Å². The number of hydrogen-bond donors (Lipinski definition) is 2. The zero-order valence-electron chi connectivity index (χ0n) is 20.4. The van der Waals surface area contributed by atoms with Gasteiger partial charge in [-0.3, -0.25) is 9.59 Å². The van der Waals surface area contributed by atoms with E-state index in [1.807, 2.05) is 37.3 Å². The third-order valence-corrected chi connectivity index (χ3v) is 5.08. The molecule has 0 saturated carbocycles. The monoisotopic (exact) mass is 503 g/mol. The summed E-state index contributed by atoms with van der Waals surface area (Å²) in [7, 11) is 0.957. The number of rotatable bonds is 8. The van der Waals surface area contributed by atoms with E-state index in [-0.39, 0.29) is 6.04 Å². The number of nitrogens with zero attached hydrogens (tertiary/aromatic N) is 1. The summed E-state index contributed by atoms with van der Waals surface area (Å²) >= 11 is 0. The predicted molar refractivity (Wildman–Crippen MR) is 130 cm³/mol. The summed E-state index contributed by atoms with van der Waals surface area (Å²) in [5, 5.41) is 4.72. The highest BCUT2D eigenvalue weighted by molar-refractivity contribution is 5.98. The minimum absolute atomic E-state index is 0.388. The smallest absolute Gasteiger partial charge is 0.467 e. The van der Waals surface area contributed by atoms with Gasteiger partial charge in [0.1, 0.15) is 6.04 Å². The van der Waals surface area contributed by atoms with Crippen LogP contribution >= 0.6 is 0 Å². The average molecular weight is 504 g/mol. The lowest BCUT2D eigenvalue weighted by molar-refractivity contribution is -0.175. The number of amides is 2. The summed E-state index contributed by atoms with van der Waals surface area (Å²) in [6.45, 7) is 5.69. The topological polar surface area (TPSA) is 87.7 Å². The number of ether oxygens (including phenoxy) is 1. The van der Waals surface area contributed by atoms with E-state index in [2.05, 4.69) is 21.9 Å². The van der Waals surface area contributed by atoms with Crippen molar-refractivity contribution in [1.82, 2.24) is 5.32 Å². The highest BCUT2D eigenvalue weighted by Crippen LogP contribution is 2.23. The molecule has 10 heteroatoms. The Morgan fingerprint density at radius 3 is 2.31 bits per heavy atom. The second-order valence-corrected chi connectivity index (χ2v) is 8.13. The lowest BCUT2D eigenvalue weighted by atomic mass is 10.1. The summed E-state index contributed by atoms with van der Waals surface area (Å²) in [6, 6.07) is 12.6. The molecule has 36 heavy (non-hydrogen) atoms. The Balaban J connectivity index is 2.17. The van der Waals surface area contributed by atoms with Crippen LogP contribution in [0.1, 0.15) is 31.4 Å². The number of aryl methyl sites for hydroxylation is 1. The molecule has 0 bridgehead atoms. The third-order valence-electron chi connectivity index (χ3n) is 5.08. The fourth-order valence-corrected chi connectivity index (χ4v) is 3.36. The first kappa shape index (κ1) is 28.2. The number of para-hydroxylation sites is 1. The largest absolute Gasteiger partial charge is 0.471 e. The zero-order chi connectivity index (χ0) is 26.9. The lowest BCUT2D eigenvalue weighted by Gasteiger charge is -2.29. The molecule has 0 spiro atoms. The summed E-state index contributed by atoms with van der Waals surface area (Å²) in [4.78, 5) is 37.7. The van der Waals surface area contributed by atoms with Crippen molar-refractivity contribution in [2.75, 3.05) is 23.9 Å². The first-order chi connectivity index (χ1) is 16.9. The molecular weight excluding hydrogens is 475 g/mol. The van der Waals surface area contributed by atoms with Crippen LogP contribution in [-0.4, -0.2) is 49.7 Å². The maximum absolute atomic E-state index is 13.0. The lowest BCUT2D eigenvalue weighted by Crippen LogP contribution is -2.50. The van der Waals surface area contributed by atoms with Gasteiger partial charge >= 0.3 is 18.1 Å². The SMILES string of the molecule is COC(=O)C(CC(=O)N(c1ccc(C#CCNc2ccccc2)c(C)c1)C(C)C)NC(=O)C(F)(F)F. The summed E-state index contributed by atoms with van der Waals surface area (Å²) < 4.78 is 42.5. The van der Waals surface area contributed by atoms with Crippen LogP contribution in [0.2, 0.25) is 0 Å². The molecule has 0 heterocycles. The van der Waals surface area contributed by atoms with Crippen LogP contribution in [0.25, 0.3) is 0 Å². The molecule has 0 saturated heterocycles. The first-order valence-electron chi connectivity index (χ1n) is 11.1. The van der Waals surface area contributed by atoms with Crippen LogP contribution in [0.4, 0.5) is 24.5 Å². The summed E-state index contributed by atoms with van der Waals surface area (Å²) in [6.07, 6.45) is -5.92. The van der Waals surface area contributed by atoms with Crippen LogP contribution in [0.5, 0.6) is 0 Å². The molecule has 0 fully saturated rings. The number of nitrogens with one attached hydrogen (secondary N) is 2. The van der Waals surface area contributed by atoms with Crippen molar-refractivity contribution in [3.63, 3.8) is 0 Å². The molecule has 0 aliphatic carbocycles. The van der Waals surface area contributed by atoms with Crippen molar-refractivity contribution in [3.8, 4) is 11.8 Å². The Hall–Kier alpha value is -4.00. The van der Waals surface area contributed by atoms with Crippen molar-refractivity contribution in [1.29, 1.82) is 0 Å². The van der Waals surface area contributed by atoms with Crippen molar-refractivity contribution in [3.05, 3.63) is 59.7 Å². The normalized spacial score (nSPS) is 11.7. The number of esters is 1. The number of halogens is 3. The van der Waals surface area contributed by atoms with E-state index in [9.17, 15) is 27.6 Å². The molecule has 1 unspecified atom stereocenters. The highest BCUT2D eigenvalue weighted by atomic mass is 19.4. The highest BCUT2D eigenvalue weighted by Gasteiger charge is 2.41. The van der Waals surface area contributed by atoms with E-state index in [1.54, 1.807) is 32.0 Å². The van der Waals surface area contributed by atoms with Crippen LogP contribution < -0.4 is 15.5 Å². The average Bonchev–Trinajstić information content (AvgIpc) is 2.81. The van der Waals surface area contributed by atoms with Crippen LogP contribution in [-0.2, 0) is 19.1 Å². The Bertz CT molecular complexity index is 1140. The number of carbonyl (C=O) groups excluding carboxylic acids is 3. The molecule has 2 amide bonds. The van der Waals surface area contributed by atoms with E-state index in [4.69, 9.17) is 0 Å². The Morgan fingerprint density at radius 1 is 1.08 bits per heavy atom. The van der Waals surface area contributed by atoms with Gasteiger partial charge < -0.3 is 20.3 Å². The van der Waals surface area contributed by atoms with E-state index in [0.717, 1.165) is 23.9 Å². The molecule has 192 valence electrons. The maximum atomic E-state index is 13.0. The predicted octanol–water partition coefficient (Wildman–Crippen LogP) is 3.81. The molecular formula is C26H28F3N3O4. The van der Waals surface area contributed by atoms with E-state index < -0.39 is 36.4 Å². The quantitative estimate of drug-likeness (QED) is 0.423. The van der Waals surface area contributed by atoms with Gasteiger partial charge in [-0.25, -0.2) is 4.79 Å². The van der Waals surface area contributed by atoms with Crippen molar-refractivity contribution < 1.29 is 32.3 Å². The number of benzene rings is 2. The fourth-order valence-electron chi connectivity index (χ4n) is 3.36. The second kappa shape index (κ2) is 12.6. The van der Waals surface area contributed by atoms with Gasteiger partial charge in [0.15, 0.2) is 0 Å². The number of carbonyl (C=O) groups is 3. The third kappa shape index (κ3) is 8.05. The molecule has 0 aromatic heterocycles. The van der Waals surface area contributed by atoms with Gasteiger partial charge in [-0.2, -0.15) is 13.2 Å². The van der Waals surface area contributed by atoms with Crippen molar-refractivity contribution in [2.45, 2.75) is 45.5 Å². The van der Waals surface area contributed by atoms with Crippen LogP contribution in [0.3, 0.4) is 0 Å². The number of hydrogen-bond acceptors (Lipinski definition) is 5. The van der Waals surface area contributed by atoms with Gasteiger partial charge in [0, 0.05) is 23.0 Å². The standard InChI is InChI=1S/C26H28F3N3O4/c1-17(2)32(23(33)16-22(24(34)36-4)31-25(35)26(27,28)29)21-13-12-19(18(3)15-21)9-8-14-30-20-10-6-5-7-11-20/h5-7,10-13,15,17,22,30H,14,16H2,1-4H3,(H,31,35).